The predicted octanol–water partition coefficient (Wildman–Crippen LogP) is 4.63. The Morgan fingerprint density at radius 3 is 2.38 bits per heavy atom. The number of hydrogen-bond donors (Lipinski definition) is 0. The second-order valence-corrected chi connectivity index (χ2v) is 5.66. The molecule has 96 valence electrons. The van der Waals surface area contributed by atoms with Gasteiger partial charge in [0, 0.05) is 0 Å². The van der Waals surface area contributed by atoms with E-state index in [1.165, 1.54) is 51.4 Å². The molecule has 1 aliphatic carbocycles. The van der Waals surface area contributed by atoms with E-state index in [0.29, 0.717) is 6.10 Å². The summed E-state index contributed by atoms with van der Waals surface area (Å²) in [4.78, 5) is 11.2. The molecule has 1 fully saturated rings. The monoisotopic (exact) mass is 228 g/mol. The lowest BCUT2D eigenvalue weighted by Crippen LogP contribution is -2.28. The topological polar surface area (TPSA) is 18.5 Å². The molecule has 0 heterocycles. The Balaban J connectivity index is 2.13. The lowest BCUT2D eigenvalue weighted by Gasteiger charge is -2.28. The van der Waals surface area contributed by atoms with Crippen molar-refractivity contribution in [3.05, 3.63) is 0 Å². The lowest BCUT2D eigenvalue weighted by atomic mass is 9.98. The van der Waals surface area contributed by atoms with Gasteiger partial charge in [0.05, 0.1) is 11.7 Å². The minimum absolute atomic E-state index is 0.118. The number of hydrogen-bond acceptors (Lipinski definition) is 2. The zero-order chi connectivity index (χ0) is 11.9. The van der Waals surface area contributed by atoms with Crippen molar-refractivity contribution in [3.63, 3.8) is 0 Å². The predicted molar refractivity (Wildman–Crippen MR) is 67.3 cm³/mol. The Morgan fingerprint density at radius 1 is 1.06 bits per heavy atom. The van der Waals surface area contributed by atoms with Gasteiger partial charge in [-0.2, -0.15) is 0 Å². The van der Waals surface area contributed by atoms with Gasteiger partial charge in [0.15, 0.2) is 0 Å². The summed E-state index contributed by atoms with van der Waals surface area (Å²) in [5, 5.41) is 0. The zero-order valence-electron chi connectivity index (χ0n) is 11.3. The van der Waals surface area contributed by atoms with E-state index in [1.807, 2.05) is 0 Å². The second-order valence-electron chi connectivity index (χ2n) is 5.66. The average Bonchev–Trinajstić information content (AvgIpc) is 2.28. The number of unbranched alkanes of at least 4 members (excludes halogenated alkanes) is 2. The molecule has 0 spiro atoms. The molecular weight excluding hydrogens is 200 g/mol. The van der Waals surface area contributed by atoms with E-state index in [0.717, 1.165) is 6.42 Å². The fourth-order valence-corrected chi connectivity index (χ4v) is 2.20. The molecule has 0 N–H and O–H groups in total. The maximum atomic E-state index is 5.62. The van der Waals surface area contributed by atoms with Crippen LogP contribution < -0.4 is 0 Å². The van der Waals surface area contributed by atoms with Crippen LogP contribution in [0.5, 0.6) is 0 Å². The molecule has 0 aromatic heterocycles. The van der Waals surface area contributed by atoms with Gasteiger partial charge < -0.3 is 0 Å². The molecule has 0 bridgehead atoms. The van der Waals surface area contributed by atoms with Crippen molar-refractivity contribution in [2.45, 2.75) is 90.3 Å². The minimum Gasteiger partial charge on any atom is -0.233 e. The zero-order valence-corrected chi connectivity index (χ0v) is 11.3. The Bertz CT molecular complexity index is 172. The van der Waals surface area contributed by atoms with Gasteiger partial charge in [-0.1, -0.05) is 45.4 Å². The highest BCUT2D eigenvalue weighted by atomic mass is 17.2. The standard InChI is InChI=1S/C14H28O2/c1-4-5-9-12-14(2,3)16-15-13-10-7-6-8-11-13/h13H,4-12H2,1-3H3. The fourth-order valence-electron chi connectivity index (χ4n) is 2.20. The first-order valence-electron chi connectivity index (χ1n) is 6.98. The first-order chi connectivity index (χ1) is 7.64. The maximum Gasteiger partial charge on any atom is 0.0980 e. The van der Waals surface area contributed by atoms with Crippen LogP contribution in [0.25, 0.3) is 0 Å². The quantitative estimate of drug-likeness (QED) is 0.359. The summed E-state index contributed by atoms with van der Waals surface area (Å²) in [7, 11) is 0. The van der Waals surface area contributed by atoms with Crippen LogP contribution in [0.4, 0.5) is 0 Å². The molecule has 1 aliphatic rings. The fraction of sp³-hybridized carbons (Fsp3) is 1.00. The van der Waals surface area contributed by atoms with Gasteiger partial charge in [0.25, 0.3) is 0 Å². The van der Waals surface area contributed by atoms with Gasteiger partial charge in [0.1, 0.15) is 0 Å². The smallest absolute Gasteiger partial charge is 0.0980 e. The molecule has 2 nitrogen and oxygen atoms in total. The molecule has 0 unspecified atom stereocenters. The van der Waals surface area contributed by atoms with Crippen LogP contribution in [-0.4, -0.2) is 11.7 Å². The van der Waals surface area contributed by atoms with E-state index in [2.05, 4.69) is 20.8 Å². The molecule has 2 heteroatoms. The summed E-state index contributed by atoms with van der Waals surface area (Å²) in [5.41, 5.74) is -0.118. The van der Waals surface area contributed by atoms with Crippen LogP contribution >= 0.6 is 0 Å². The van der Waals surface area contributed by atoms with Crippen LogP contribution in [0.15, 0.2) is 0 Å². The molecular formula is C14H28O2. The summed E-state index contributed by atoms with van der Waals surface area (Å²) in [6, 6.07) is 0. The molecule has 0 atom stereocenters. The summed E-state index contributed by atoms with van der Waals surface area (Å²) in [5.74, 6) is 0. The van der Waals surface area contributed by atoms with Crippen molar-refractivity contribution in [1.29, 1.82) is 0 Å². The summed E-state index contributed by atoms with van der Waals surface area (Å²) >= 11 is 0. The molecule has 16 heavy (non-hydrogen) atoms. The van der Waals surface area contributed by atoms with Gasteiger partial charge in [-0.3, -0.25) is 0 Å². The minimum atomic E-state index is -0.118. The van der Waals surface area contributed by atoms with Crippen molar-refractivity contribution >= 4 is 0 Å². The lowest BCUT2D eigenvalue weighted by molar-refractivity contribution is -0.381. The third-order valence-electron chi connectivity index (χ3n) is 3.34. The molecule has 0 radical (unpaired) electrons. The maximum absolute atomic E-state index is 5.62. The van der Waals surface area contributed by atoms with Crippen LogP contribution in [0, 0.1) is 0 Å². The van der Waals surface area contributed by atoms with Gasteiger partial charge in [-0.15, -0.1) is 0 Å². The first-order valence-corrected chi connectivity index (χ1v) is 6.98. The van der Waals surface area contributed by atoms with Gasteiger partial charge in [-0.25, -0.2) is 9.78 Å². The molecule has 0 aliphatic heterocycles. The van der Waals surface area contributed by atoms with E-state index in [9.17, 15) is 0 Å². The van der Waals surface area contributed by atoms with Crippen molar-refractivity contribution < 1.29 is 9.78 Å². The number of rotatable bonds is 7. The van der Waals surface area contributed by atoms with E-state index in [-0.39, 0.29) is 5.60 Å². The van der Waals surface area contributed by atoms with Gasteiger partial charge >= 0.3 is 0 Å². The Morgan fingerprint density at radius 2 is 1.75 bits per heavy atom. The molecule has 0 aromatic rings. The van der Waals surface area contributed by atoms with Gasteiger partial charge in [-0.05, 0) is 33.1 Å². The summed E-state index contributed by atoms with van der Waals surface area (Å²) in [6.07, 6.45) is 11.5. The van der Waals surface area contributed by atoms with E-state index in [1.54, 1.807) is 0 Å². The van der Waals surface area contributed by atoms with E-state index in [4.69, 9.17) is 9.78 Å². The summed E-state index contributed by atoms with van der Waals surface area (Å²) < 4.78 is 0. The van der Waals surface area contributed by atoms with E-state index >= 15 is 0 Å². The SMILES string of the molecule is CCCCCC(C)(C)OOC1CCCCC1. The van der Waals surface area contributed by atoms with Crippen molar-refractivity contribution in [2.75, 3.05) is 0 Å². The molecule has 0 aromatic carbocycles. The average molecular weight is 228 g/mol. The van der Waals surface area contributed by atoms with Crippen LogP contribution in [0.2, 0.25) is 0 Å². The highest BCUT2D eigenvalue weighted by Crippen LogP contribution is 2.24. The Kier molecular flexibility index (Phi) is 6.37. The van der Waals surface area contributed by atoms with Crippen molar-refractivity contribution in [2.24, 2.45) is 0 Å². The third-order valence-corrected chi connectivity index (χ3v) is 3.34. The van der Waals surface area contributed by atoms with Crippen molar-refractivity contribution in [3.8, 4) is 0 Å². The van der Waals surface area contributed by atoms with Crippen LogP contribution in [-0.2, 0) is 9.78 Å². The highest BCUT2D eigenvalue weighted by Gasteiger charge is 2.22. The summed E-state index contributed by atoms with van der Waals surface area (Å²) in [6.45, 7) is 6.49. The molecule has 0 saturated heterocycles. The first kappa shape index (κ1) is 14.0. The molecule has 1 saturated carbocycles. The van der Waals surface area contributed by atoms with Crippen molar-refractivity contribution in [1.82, 2.24) is 0 Å². The van der Waals surface area contributed by atoms with Crippen LogP contribution in [0.3, 0.4) is 0 Å². The van der Waals surface area contributed by atoms with E-state index < -0.39 is 0 Å². The molecule has 1 rings (SSSR count). The van der Waals surface area contributed by atoms with Gasteiger partial charge in [0.2, 0.25) is 0 Å². The molecule has 0 amide bonds. The largest absolute Gasteiger partial charge is 0.233 e. The second kappa shape index (κ2) is 7.29. The third kappa shape index (κ3) is 5.86. The Labute approximate surface area is 101 Å². The highest BCUT2D eigenvalue weighted by molar-refractivity contribution is 4.68. The normalized spacial score (nSPS) is 18.9. The van der Waals surface area contributed by atoms with Crippen LogP contribution in [0.1, 0.15) is 78.6 Å². The Hall–Kier alpha value is -0.0800.